The Bertz CT molecular complexity index is 668. The fraction of sp³-hybridized carbons (Fsp3) is 0.880. The van der Waals surface area contributed by atoms with Gasteiger partial charge in [0.25, 0.3) is 0 Å². The zero-order valence-electron chi connectivity index (χ0n) is 17.1. The van der Waals surface area contributed by atoms with Gasteiger partial charge in [0.1, 0.15) is 0 Å². The first-order valence-electron chi connectivity index (χ1n) is 12.0. The SMILES string of the molecule is CC[C@]12CCC3C(C(C4CC4)CC4=CC(=O)CC[C@@H]43)C1CC[C@@]21CCCO1. The second-order valence-corrected chi connectivity index (χ2v) is 10.9. The van der Waals surface area contributed by atoms with E-state index in [4.69, 9.17) is 4.74 Å². The van der Waals surface area contributed by atoms with Gasteiger partial charge in [-0.25, -0.2) is 0 Å². The Kier molecular flexibility index (Phi) is 3.79. The first-order chi connectivity index (χ1) is 13.2. The van der Waals surface area contributed by atoms with Crippen LogP contribution in [0, 0.1) is 40.9 Å². The Balaban J connectivity index is 1.41. The third-order valence-electron chi connectivity index (χ3n) is 10.3. The number of ether oxygens (including phenoxy) is 1. The van der Waals surface area contributed by atoms with E-state index in [0.29, 0.717) is 11.2 Å². The molecule has 2 nitrogen and oxygen atoms in total. The summed E-state index contributed by atoms with van der Waals surface area (Å²) in [5.41, 5.74) is 2.26. The summed E-state index contributed by atoms with van der Waals surface area (Å²) in [5.74, 6) is 5.66. The van der Waals surface area contributed by atoms with Crippen LogP contribution in [-0.4, -0.2) is 18.0 Å². The minimum atomic E-state index is 0.226. The standard InChI is InChI=1S/C25H36O2/c1-2-24-11-8-20-19-7-6-18(26)14-17(19)15-21(16-4-5-16)23(20)22(24)9-12-25(24)10-3-13-27-25/h14,16,19-23H,2-13,15H2,1H3/t19-,20?,21?,22?,23?,24-,25-/m0/s1. The van der Waals surface area contributed by atoms with Crippen LogP contribution >= 0.6 is 0 Å². The molecule has 1 spiro atoms. The molecule has 1 aliphatic heterocycles. The number of carbonyl (C=O) groups is 1. The maximum absolute atomic E-state index is 12.1. The van der Waals surface area contributed by atoms with E-state index >= 15 is 0 Å². The van der Waals surface area contributed by atoms with Crippen molar-refractivity contribution in [3.63, 3.8) is 0 Å². The topological polar surface area (TPSA) is 26.3 Å². The molecule has 0 radical (unpaired) electrons. The highest BCUT2D eigenvalue weighted by Crippen LogP contribution is 2.71. The highest BCUT2D eigenvalue weighted by atomic mass is 16.5. The number of fused-ring (bicyclic) bond motifs is 6. The number of carbonyl (C=O) groups excluding carboxylic acids is 1. The van der Waals surface area contributed by atoms with E-state index in [0.717, 1.165) is 55.0 Å². The van der Waals surface area contributed by atoms with E-state index < -0.39 is 0 Å². The summed E-state index contributed by atoms with van der Waals surface area (Å²) in [6.45, 7) is 3.48. The minimum absolute atomic E-state index is 0.226. The normalized spacial score (nSPS) is 51.7. The summed E-state index contributed by atoms with van der Waals surface area (Å²) in [6.07, 6.45) is 17.7. The van der Waals surface area contributed by atoms with E-state index in [9.17, 15) is 4.79 Å². The monoisotopic (exact) mass is 368 g/mol. The smallest absolute Gasteiger partial charge is 0.155 e. The second kappa shape index (κ2) is 5.94. The van der Waals surface area contributed by atoms with Gasteiger partial charge in [0.05, 0.1) is 5.60 Å². The van der Waals surface area contributed by atoms with Crippen LogP contribution in [0.3, 0.4) is 0 Å². The molecule has 6 rings (SSSR count). The molecule has 0 bridgehead atoms. The Morgan fingerprint density at radius 3 is 2.70 bits per heavy atom. The van der Waals surface area contributed by atoms with E-state index in [1.165, 1.54) is 64.2 Å². The van der Waals surface area contributed by atoms with Gasteiger partial charge >= 0.3 is 0 Å². The summed E-state index contributed by atoms with van der Waals surface area (Å²) in [4.78, 5) is 12.1. The Hall–Kier alpha value is -0.630. The molecule has 0 aromatic rings. The molecule has 2 heteroatoms. The fourth-order valence-corrected chi connectivity index (χ4v) is 9.26. The van der Waals surface area contributed by atoms with Gasteiger partial charge in [-0.1, -0.05) is 12.5 Å². The van der Waals surface area contributed by atoms with Crippen molar-refractivity contribution in [1.82, 2.24) is 0 Å². The lowest BCUT2D eigenvalue weighted by Crippen LogP contribution is -2.55. The summed E-state index contributed by atoms with van der Waals surface area (Å²) in [7, 11) is 0. The Labute approximate surface area is 164 Å². The van der Waals surface area contributed by atoms with Gasteiger partial charge in [0.2, 0.25) is 0 Å². The van der Waals surface area contributed by atoms with Crippen LogP contribution in [0.4, 0.5) is 0 Å². The lowest BCUT2D eigenvalue weighted by molar-refractivity contribution is -0.149. The van der Waals surface area contributed by atoms with Crippen LogP contribution in [0.2, 0.25) is 0 Å². The van der Waals surface area contributed by atoms with Crippen molar-refractivity contribution in [3.05, 3.63) is 11.6 Å². The quantitative estimate of drug-likeness (QED) is 0.624. The molecule has 148 valence electrons. The Morgan fingerprint density at radius 1 is 1.07 bits per heavy atom. The van der Waals surface area contributed by atoms with E-state index in [1.807, 2.05) is 0 Å². The van der Waals surface area contributed by atoms with E-state index in [2.05, 4.69) is 13.0 Å². The predicted octanol–water partition coefficient (Wildman–Crippen LogP) is 5.70. The minimum Gasteiger partial charge on any atom is -0.374 e. The maximum Gasteiger partial charge on any atom is 0.155 e. The second-order valence-electron chi connectivity index (χ2n) is 10.9. The fourth-order valence-electron chi connectivity index (χ4n) is 9.26. The predicted molar refractivity (Wildman–Crippen MR) is 106 cm³/mol. The lowest BCUT2D eigenvalue weighted by atomic mass is 9.46. The number of allylic oxidation sites excluding steroid dienone is 1. The molecule has 6 aliphatic rings. The van der Waals surface area contributed by atoms with Crippen molar-refractivity contribution in [2.45, 2.75) is 89.6 Å². The van der Waals surface area contributed by atoms with Crippen LogP contribution in [0.5, 0.6) is 0 Å². The van der Waals surface area contributed by atoms with Crippen molar-refractivity contribution >= 4 is 5.78 Å². The number of hydrogen-bond acceptors (Lipinski definition) is 2. The molecular formula is C25H36O2. The van der Waals surface area contributed by atoms with Gasteiger partial charge in [-0.2, -0.15) is 0 Å². The van der Waals surface area contributed by atoms with E-state index in [-0.39, 0.29) is 5.60 Å². The van der Waals surface area contributed by atoms with Crippen LogP contribution in [0.15, 0.2) is 11.6 Å². The molecule has 4 unspecified atom stereocenters. The molecule has 1 heterocycles. The third-order valence-corrected chi connectivity index (χ3v) is 10.3. The van der Waals surface area contributed by atoms with Gasteiger partial charge in [0.15, 0.2) is 5.78 Å². The zero-order valence-corrected chi connectivity index (χ0v) is 17.1. The van der Waals surface area contributed by atoms with Crippen molar-refractivity contribution in [3.8, 4) is 0 Å². The molecule has 7 atom stereocenters. The molecule has 0 N–H and O–H groups in total. The molecular weight excluding hydrogens is 332 g/mol. The van der Waals surface area contributed by atoms with E-state index in [1.54, 1.807) is 5.57 Å². The molecule has 5 aliphatic carbocycles. The first kappa shape index (κ1) is 17.2. The largest absolute Gasteiger partial charge is 0.374 e. The average Bonchev–Trinajstić information content (AvgIpc) is 3.33. The molecule has 0 aromatic heterocycles. The lowest BCUT2D eigenvalue weighted by Gasteiger charge is -2.59. The maximum atomic E-state index is 12.1. The molecule has 0 aromatic carbocycles. The first-order valence-corrected chi connectivity index (χ1v) is 12.0. The van der Waals surface area contributed by atoms with Gasteiger partial charge in [-0.05, 0) is 112 Å². The van der Waals surface area contributed by atoms with Crippen molar-refractivity contribution in [2.75, 3.05) is 6.61 Å². The van der Waals surface area contributed by atoms with Crippen molar-refractivity contribution < 1.29 is 9.53 Å². The number of hydrogen-bond donors (Lipinski definition) is 0. The van der Waals surface area contributed by atoms with Crippen molar-refractivity contribution in [2.24, 2.45) is 40.9 Å². The molecule has 1 saturated heterocycles. The summed E-state index contributed by atoms with van der Waals surface area (Å²) < 4.78 is 6.62. The zero-order chi connectivity index (χ0) is 18.2. The molecule has 4 saturated carbocycles. The van der Waals surface area contributed by atoms with Crippen LogP contribution < -0.4 is 0 Å². The third kappa shape index (κ3) is 2.26. The molecule has 27 heavy (non-hydrogen) atoms. The highest BCUT2D eigenvalue weighted by Gasteiger charge is 2.67. The number of rotatable bonds is 2. The summed E-state index contributed by atoms with van der Waals surface area (Å²) >= 11 is 0. The van der Waals surface area contributed by atoms with Gasteiger partial charge in [0, 0.05) is 18.4 Å². The Morgan fingerprint density at radius 2 is 1.96 bits per heavy atom. The van der Waals surface area contributed by atoms with Crippen LogP contribution in [-0.2, 0) is 9.53 Å². The molecule has 0 amide bonds. The highest BCUT2D eigenvalue weighted by molar-refractivity contribution is 5.91. The van der Waals surface area contributed by atoms with Crippen molar-refractivity contribution in [1.29, 1.82) is 0 Å². The average molecular weight is 369 g/mol. The van der Waals surface area contributed by atoms with Gasteiger partial charge in [-0.3, -0.25) is 4.79 Å². The summed E-state index contributed by atoms with van der Waals surface area (Å²) in [5, 5.41) is 0. The number of ketones is 1. The van der Waals surface area contributed by atoms with Gasteiger partial charge < -0.3 is 4.74 Å². The van der Waals surface area contributed by atoms with Crippen LogP contribution in [0.1, 0.15) is 84.0 Å². The van der Waals surface area contributed by atoms with Crippen LogP contribution in [0.25, 0.3) is 0 Å². The van der Waals surface area contributed by atoms with Gasteiger partial charge in [-0.15, -0.1) is 0 Å². The molecule has 5 fully saturated rings. The summed E-state index contributed by atoms with van der Waals surface area (Å²) in [6, 6.07) is 0.